The van der Waals surface area contributed by atoms with E-state index in [1.165, 1.54) is 4.90 Å². The number of rotatable bonds is 5. The zero-order chi connectivity index (χ0) is 26.5. The molecule has 0 N–H and O–H groups in total. The Morgan fingerprint density at radius 1 is 0.838 bits per heavy atom. The molecule has 6 nitrogen and oxygen atoms in total. The first-order valence-electron chi connectivity index (χ1n) is 11.9. The maximum absolute atomic E-state index is 13.6. The summed E-state index contributed by atoms with van der Waals surface area (Å²) in [4.78, 5) is 16.0. The fourth-order valence-corrected chi connectivity index (χ4v) is 8.49. The molecule has 2 aliphatic heterocycles. The SMILES string of the molecule is CN(C)C(=O)c1ccc(-c2ccc(N3CC4CCC(C3)N4S(=O)(=O)c3c(Cl)cccc3Cl)cc2)cc1Cl. The zero-order valence-electron chi connectivity index (χ0n) is 20.4. The van der Waals surface area contributed by atoms with E-state index in [2.05, 4.69) is 4.90 Å². The molecule has 0 aromatic heterocycles. The maximum atomic E-state index is 13.6. The topological polar surface area (TPSA) is 60.9 Å². The number of carbonyl (C=O) groups is 1. The number of fused-ring (bicyclic) bond motifs is 2. The Hall–Kier alpha value is -2.29. The second-order valence-corrected chi connectivity index (χ2v) is 12.6. The molecular weight excluding hydrogens is 553 g/mol. The first kappa shape index (κ1) is 26.3. The van der Waals surface area contributed by atoms with E-state index in [-0.39, 0.29) is 32.9 Å². The molecule has 0 radical (unpaired) electrons. The van der Waals surface area contributed by atoms with Crippen molar-refractivity contribution in [2.45, 2.75) is 29.8 Å². The minimum absolute atomic E-state index is 0.00926. The lowest BCUT2D eigenvalue weighted by Gasteiger charge is -2.41. The van der Waals surface area contributed by atoms with Crippen LogP contribution in [0.3, 0.4) is 0 Å². The number of halogens is 3. The van der Waals surface area contributed by atoms with Gasteiger partial charge in [0.2, 0.25) is 10.0 Å². The maximum Gasteiger partial charge on any atom is 0.254 e. The van der Waals surface area contributed by atoms with Crippen LogP contribution in [0.5, 0.6) is 0 Å². The van der Waals surface area contributed by atoms with Gasteiger partial charge in [0.05, 0.1) is 20.6 Å². The highest BCUT2D eigenvalue weighted by molar-refractivity contribution is 7.89. The molecule has 37 heavy (non-hydrogen) atoms. The van der Waals surface area contributed by atoms with Gasteiger partial charge in [-0.05, 0) is 60.4 Å². The summed E-state index contributed by atoms with van der Waals surface area (Å²) in [6.07, 6.45) is 1.58. The molecule has 3 aromatic carbocycles. The number of hydrogen-bond donors (Lipinski definition) is 0. The van der Waals surface area contributed by atoms with Gasteiger partial charge in [0.25, 0.3) is 5.91 Å². The Morgan fingerprint density at radius 2 is 1.41 bits per heavy atom. The molecule has 3 aromatic rings. The Kier molecular flexibility index (Phi) is 7.20. The Balaban J connectivity index is 1.35. The van der Waals surface area contributed by atoms with Crippen molar-refractivity contribution < 1.29 is 13.2 Å². The number of carbonyl (C=O) groups excluding carboxylic acids is 1. The lowest BCUT2D eigenvalue weighted by molar-refractivity contribution is 0.0828. The monoisotopic (exact) mass is 577 g/mol. The van der Waals surface area contributed by atoms with Crippen LogP contribution in [0.4, 0.5) is 5.69 Å². The Labute approximate surface area is 232 Å². The molecule has 2 heterocycles. The second kappa shape index (κ2) is 10.1. The summed E-state index contributed by atoms with van der Waals surface area (Å²) in [7, 11) is -0.437. The van der Waals surface area contributed by atoms with Gasteiger partial charge in [-0.3, -0.25) is 4.79 Å². The summed E-state index contributed by atoms with van der Waals surface area (Å²) >= 11 is 18.9. The van der Waals surface area contributed by atoms with Crippen molar-refractivity contribution in [2.75, 3.05) is 32.1 Å². The van der Waals surface area contributed by atoms with Gasteiger partial charge in [0.1, 0.15) is 4.90 Å². The van der Waals surface area contributed by atoms with Gasteiger partial charge < -0.3 is 9.80 Å². The number of nitrogens with zero attached hydrogens (tertiary/aromatic N) is 3. The summed E-state index contributed by atoms with van der Waals surface area (Å²) < 4.78 is 28.8. The Bertz CT molecular complexity index is 1430. The van der Waals surface area contributed by atoms with Crippen molar-refractivity contribution in [3.05, 3.63) is 81.3 Å². The van der Waals surface area contributed by atoms with Gasteiger partial charge >= 0.3 is 0 Å². The highest BCUT2D eigenvalue weighted by atomic mass is 35.5. The van der Waals surface area contributed by atoms with E-state index in [4.69, 9.17) is 34.8 Å². The number of amides is 1. The summed E-state index contributed by atoms with van der Waals surface area (Å²) in [5.41, 5.74) is 3.39. The van der Waals surface area contributed by atoms with Gasteiger partial charge in [-0.2, -0.15) is 4.31 Å². The van der Waals surface area contributed by atoms with E-state index >= 15 is 0 Å². The first-order chi connectivity index (χ1) is 17.6. The van der Waals surface area contributed by atoms with Crippen LogP contribution in [-0.2, 0) is 10.0 Å². The van der Waals surface area contributed by atoms with E-state index in [1.807, 2.05) is 30.3 Å². The fourth-order valence-electron chi connectivity index (χ4n) is 5.28. The summed E-state index contributed by atoms with van der Waals surface area (Å²) in [6, 6.07) is 18.0. The van der Waals surface area contributed by atoms with E-state index in [1.54, 1.807) is 48.7 Å². The minimum Gasteiger partial charge on any atom is -0.368 e. The smallest absolute Gasteiger partial charge is 0.254 e. The quantitative estimate of drug-likeness (QED) is 0.369. The molecule has 2 unspecified atom stereocenters. The zero-order valence-corrected chi connectivity index (χ0v) is 23.4. The summed E-state index contributed by atoms with van der Waals surface area (Å²) in [5.74, 6) is -0.139. The molecule has 10 heteroatoms. The second-order valence-electron chi connectivity index (χ2n) is 9.62. The van der Waals surface area contributed by atoms with E-state index in [0.717, 1.165) is 29.7 Å². The fraction of sp³-hybridized carbons (Fsp3) is 0.296. The third-order valence-corrected chi connectivity index (χ3v) is 10.3. The molecule has 2 atom stereocenters. The number of piperazine rings is 1. The van der Waals surface area contributed by atoms with Crippen LogP contribution in [0.25, 0.3) is 11.1 Å². The first-order valence-corrected chi connectivity index (χ1v) is 14.5. The summed E-state index contributed by atoms with van der Waals surface area (Å²) in [5, 5.41) is 0.695. The average molecular weight is 579 g/mol. The molecule has 1 amide bonds. The molecule has 0 spiro atoms. The standard InChI is InChI=1S/C27H26Cl3N3O3S/c1-31(2)27(34)22-13-8-18(14-25(22)30)17-6-9-19(10-7-17)32-15-20-11-12-21(16-32)33(20)37(35,36)26-23(28)4-3-5-24(26)29/h3-10,13-14,20-21H,11-12,15-16H2,1-2H3. The molecule has 2 bridgehead atoms. The molecule has 2 aliphatic rings. The van der Waals surface area contributed by atoms with Gasteiger partial charge in [0, 0.05) is 45.0 Å². The van der Waals surface area contributed by atoms with Gasteiger partial charge in [-0.15, -0.1) is 0 Å². The van der Waals surface area contributed by atoms with Crippen molar-refractivity contribution in [2.24, 2.45) is 0 Å². The van der Waals surface area contributed by atoms with Crippen molar-refractivity contribution in [1.29, 1.82) is 0 Å². The summed E-state index contributed by atoms with van der Waals surface area (Å²) in [6.45, 7) is 1.18. The number of benzene rings is 3. The van der Waals surface area contributed by atoms with Crippen LogP contribution in [0.2, 0.25) is 15.1 Å². The van der Waals surface area contributed by atoms with Crippen LogP contribution in [0.15, 0.2) is 65.6 Å². The largest absolute Gasteiger partial charge is 0.368 e. The lowest BCUT2D eigenvalue weighted by Crippen LogP contribution is -2.55. The van der Waals surface area contributed by atoms with Crippen LogP contribution < -0.4 is 4.90 Å². The molecule has 5 rings (SSSR count). The van der Waals surface area contributed by atoms with Crippen molar-refractivity contribution in [3.63, 3.8) is 0 Å². The normalized spacial score (nSPS) is 19.8. The number of anilines is 1. The molecule has 2 saturated heterocycles. The van der Waals surface area contributed by atoms with E-state index in [0.29, 0.717) is 23.7 Å². The number of sulfonamides is 1. The number of hydrogen-bond acceptors (Lipinski definition) is 4. The lowest BCUT2D eigenvalue weighted by atomic mass is 10.0. The highest BCUT2D eigenvalue weighted by Gasteiger charge is 2.47. The van der Waals surface area contributed by atoms with Crippen LogP contribution in [0.1, 0.15) is 23.2 Å². The minimum atomic E-state index is -3.82. The van der Waals surface area contributed by atoms with Crippen molar-refractivity contribution in [1.82, 2.24) is 9.21 Å². The van der Waals surface area contributed by atoms with Gasteiger partial charge in [-0.25, -0.2) is 8.42 Å². The average Bonchev–Trinajstić information content (AvgIpc) is 3.14. The molecule has 194 valence electrons. The van der Waals surface area contributed by atoms with Crippen molar-refractivity contribution in [3.8, 4) is 11.1 Å². The third-order valence-electron chi connectivity index (χ3n) is 7.04. The van der Waals surface area contributed by atoms with Crippen molar-refractivity contribution >= 4 is 56.4 Å². The molecular formula is C27H26Cl3N3O3S. The predicted molar refractivity (Wildman–Crippen MR) is 149 cm³/mol. The van der Waals surface area contributed by atoms with Crippen LogP contribution in [-0.4, -0.2) is 62.8 Å². The predicted octanol–water partition coefficient (Wildman–Crippen LogP) is 6.06. The van der Waals surface area contributed by atoms with Crippen LogP contribution in [0, 0.1) is 0 Å². The van der Waals surface area contributed by atoms with E-state index in [9.17, 15) is 13.2 Å². The third kappa shape index (κ3) is 4.84. The van der Waals surface area contributed by atoms with Gasteiger partial charge in [-0.1, -0.05) is 59.1 Å². The van der Waals surface area contributed by atoms with E-state index < -0.39 is 10.0 Å². The van der Waals surface area contributed by atoms with Crippen LogP contribution >= 0.6 is 34.8 Å². The molecule has 0 saturated carbocycles. The Morgan fingerprint density at radius 3 is 1.95 bits per heavy atom. The molecule has 0 aliphatic carbocycles. The van der Waals surface area contributed by atoms with Gasteiger partial charge in [0.15, 0.2) is 0 Å². The molecule has 2 fully saturated rings. The highest BCUT2D eigenvalue weighted by Crippen LogP contribution is 2.40.